The summed E-state index contributed by atoms with van der Waals surface area (Å²) in [4.78, 5) is 32.9. The van der Waals surface area contributed by atoms with E-state index in [9.17, 15) is 9.36 Å². The second-order valence-corrected chi connectivity index (χ2v) is 7.64. The molecule has 0 spiro atoms. The molecular weight excluding hydrogens is 353 g/mol. The Balaban J connectivity index is 1.67. The normalized spacial score (nSPS) is 13.0. The third-order valence-electron chi connectivity index (χ3n) is 4.78. The minimum absolute atomic E-state index is 0.000652. The predicted octanol–water partition coefficient (Wildman–Crippen LogP) is 3.14. The van der Waals surface area contributed by atoms with Crippen molar-refractivity contribution in [1.29, 1.82) is 0 Å². The summed E-state index contributed by atoms with van der Waals surface area (Å²) in [5, 5.41) is 1.66. The van der Waals surface area contributed by atoms with Gasteiger partial charge in [-0.1, -0.05) is 36.4 Å². The highest BCUT2D eigenvalue weighted by molar-refractivity contribution is 7.46. The van der Waals surface area contributed by atoms with Gasteiger partial charge in [0.15, 0.2) is 0 Å². The lowest BCUT2D eigenvalue weighted by atomic mass is 9.98. The standard InChI is InChI=1S/C19H18NO5P/c21-19-15-8-2-1-7-13(15)17-11-16-12(6-4-10-25-26(22,23)24)5-3-9-14(16)18(17)20-19/h1-3,5,7-9H,4,6,10-11H2,(H,20,21)(H2,22,23,24). The summed E-state index contributed by atoms with van der Waals surface area (Å²) < 4.78 is 15.3. The van der Waals surface area contributed by atoms with E-state index < -0.39 is 7.82 Å². The van der Waals surface area contributed by atoms with E-state index >= 15 is 0 Å². The quantitative estimate of drug-likeness (QED) is 0.370. The highest BCUT2D eigenvalue weighted by Gasteiger charge is 2.24. The number of phosphoric ester groups is 1. The van der Waals surface area contributed by atoms with E-state index in [4.69, 9.17) is 9.79 Å². The third-order valence-corrected chi connectivity index (χ3v) is 5.30. The molecular formula is C19H18NO5P. The van der Waals surface area contributed by atoms with Gasteiger partial charge in [0.25, 0.3) is 5.56 Å². The van der Waals surface area contributed by atoms with Gasteiger partial charge in [-0.2, -0.15) is 0 Å². The minimum atomic E-state index is -4.42. The van der Waals surface area contributed by atoms with Gasteiger partial charge in [0.05, 0.1) is 12.3 Å². The van der Waals surface area contributed by atoms with Crippen LogP contribution < -0.4 is 5.56 Å². The number of aromatic amines is 1. The molecule has 2 aromatic carbocycles. The van der Waals surface area contributed by atoms with Crippen LogP contribution in [0.15, 0.2) is 47.3 Å². The number of phosphoric acid groups is 1. The summed E-state index contributed by atoms with van der Waals surface area (Å²) in [6.45, 7) is 0.000652. The zero-order valence-electron chi connectivity index (χ0n) is 13.9. The van der Waals surface area contributed by atoms with Crippen molar-refractivity contribution in [3.8, 4) is 11.3 Å². The Morgan fingerprint density at radius 3 is 2.58 bits per heavy atom. The van der Waals surface area contributed by atoms with Crippen LogP contribution in [0, 0.1) is 0 Å². The summed E-state index contributed by atoms with van der Waals surface area (Å²) in [5.74, 6) is 0. The number of pyridine rings is 1. The Kier molecular flexibility index (Phi) is 4.29. The van der Waals surface area contributed by atoms with Crippen LogP contribution in [0.25, 0.3) is 22.0 Å². The van der Waals surface area contributed by atoms with E-state index in [1.165, 1.54) is 0 Å². The summed E-state index contributed by atoms with van der Waals surface area (Å²) in [6.07, 6.45) is 1.89. The first-order valence-electron chi connectivity index (χ1n) is 8.39. The molecule has 0 unspecified atom stereocenters. The number of hydrogen-bond acceptors (Lipinski definition) is 3. The molecule has 0 aliphatic heterocycles. The average molecular weight is 371 g/mol. The molecule has 1 aliphatic carbocycles. The summed E-state index contributed by atoms with van der Waals surface area (Å²) in [7, 11) is -4.42. The van der Waals surface area contributed by atoms with Gasteiger partial charge < -0.3 is 14.8 Å². The maximum Gasteiger partial charge on any atom is 0.469 e. The number of benzene rings is 2. The van der Waals surface area contributed by atoms with E-state index in [1.807, 2.05) is 42.5 Å². The summed E-state index contributed by atoms with van der Waals surface area (Å²) in [5.41, 5.74) is 5.19. The number of H-pyrrole nitrogens is 1. The monoisotopic (exact) mass is 371 g/mol. The molecule has 0 atom stereocenters. The van der Waals surface area contributed by atoms with Crippen molar-refractivity contribution >= 4 is 18.6 Å². The van der Waals surface area contributed by atoms with Gasteiger partial charge in [0, 0.05) is 17.4 Å². The minimum Gasteiger partial charge on any atom is -0.321 e. The van der Waals surface area contributed by atoms with E-state index in [1.54, 1.807) is 0 Å². The highest BCUT2D eigenvalue weighted by Crippen LogP contribution is 2.40. The van der Waals surface area contributed by atoms with Gasteiger partial charge in [-0.3, -0.25) is 9.32 Å². The van der Waals surface area contributed by atoms with E-state index in [0.717, 1.165) is 39.8 Å². The molecule has 7 heteroatoms. The molecule has 0 saturated carbocycles. The zero-order valence-corrected chi connectivity index (χ0v) is 14.8. The van der Waals surface area contributed by atoms with Crippen LogP contribution in [-0.4, -0.2) is 21.4 Å². The lowest BCUT2D eigenvalue weighted by Gasteiger charge is -2.09. The van der Waals surface area contributed by atoms with Gasteiger partial charge in [-0.25, -0.2) is 4.57 Å². The zero-order chi connectivity index (χ0) is 18.3. The molecule has 6 nitrogen and oxygen atoms in total. The average Bonchev–Trinajstić information content (AvgIpc) is 2.98. The van der Waals surface area contributed by atoms with E-state index in [-0.39, 0.29) is 12.2 Å². The van der Waals surface area contributed by atoms with Gasteiger partial charge in [0.1, 0.15) is 0 Å². The number of fused-ring (bicyclic) bond motifs is 5. The Morgan fingerprint density at radius 2 is 1.81 bits per heavy atom. The van der Waals surface area contributed by atoms with Gasteiger partial charge in [0.2, 0.25) is 0 Å². The molecule has 3 N–H and O–H groups in total. The second kappa shape index (κ2) is 6.49. The molecule has 4 rings (SSSR count). The van der Waals surface area contributed by atoms with Crippen LogP contribution in [0.3, 0.4) is 0 Å². The molecule has 26 heavy (non-hydrogen) atoms. The Bertz CT molecular complexity index is 1100. The van der Waals surface area contributed by atoms with Crippen LogP contribution in [-0.2, 0) is 21.9 Å². The number of aryl methyl sites for hydroxylation is 1. The highest BCUT2D eigenvalue weighted by atomic mass is 31.2. The van der Waals surface area contributed by atoms with Crippen molar-refractivity contribution in [2.75, 3.05) is 6.61 Å². The first-order chi connectivity index (χ1) is 12.4. The maximum absolute atomic E-state index is 12.4. The van der Waals surface area contributed by atoms with Crippen molar-refractivity contribution in [2.45, 2.75) is 19.3 Å². The fraction of sp³-hybridized carbons (Fsp3) is 0.211. The fourth-order valence-corrected chi connectivity index (χ4v) is 4.05. The first kappa shape index (κ1) is 17.2. The third kappa shape index (κ3) is 3.13. The molecule has 0 amide bonds. The smallest absolute Gasteiger partial charge is 0.321 e. The lowest BCUT2D eigenvalue weighted by Crippen LogP contribution is -2.08. The molecule has 1 aromatic heterocycles. The summed E-state index contributed by atoms with van der Waals surface area (Å²) in [6, 6.07) is 13.6. The molecule has 3 aromatic rings. The van der Waals surface area contributed by atoms with Crippen LogP contribution in [0.2, 0.25) is 0 Å². The molecule has 134 valence electrons. The van der Waals surface area contributed by atoms with Crippen LogP contribution in [0.5, 0.6) is 0 Å². The predicted molar refractivity (Wildman–Crippen MR) is 99.1 cm³/mol. The molecule has 0 saturated heterocycles. The molecule has 1 aliphatic rings. The number of aromatic nitrogens is 1. The Hall–Kier alpha value is -2.24. The first-order valence-corrected chi connectivity index (χ1v) is 9.92. The van der Waals surface area contributed by atoms with Gasteiger partial charge >= 0.3 is 7.82 Å². The van der Waals surface area contributed by atoms with Crippen molar-refractivity contribution < 1.29 is 18.9 Å². The van der Waals surface area contributed by atoms with Crippen LogP contribution in [0.4, 0.5) is 0 Å². The fourth-order valence-electron chi connectivity index (χ4n) is 3.68. The van der Waals surface area contributed by atoms with E-state index in [0.29, 0.717) is 18.2 Å². The van der Waals surface area contributed by atoms with Crippen molar-refractivity contribution in [3.63, 3.8) is 0 Å². The summed E-state index contributed by atoms with van der Waals surface area (Å²) >= 11 is 0. The lowest BCUT2D eigenvalue weighted by molar-refractivity contribution is 0.195. The maximum atomic E-state index is 12.4. The van der Waals surface area contributed by atoms with Crippen LogP contribution in [0.1, 0.15) is 23.1 Å². The largest absolute Gasteiger partial charge is 0.469 e. The number of nitrogens with one attached hydrogen (secondary N) is 1. The topological polar surface area (TPSA) is 99.6 Å². The Morgan fingerprint density at radius 1 is 1.04 bits per heavy atom. The molecule has 0 bridgehead atoms. The van der Waals surface area contributed by atoms with Crippen molar-refractivity contribution in [2.24, 2.45) is 0 Å². The Labute approximate surface area is 149 Å². The SMILES string of the molecule is O=c1[nH]c2c(c3ccccc13)Cc1c(CCCOP(=O)(O)O)cccc1-2. The van der Waals surface area contributed by atoms with Crippen LogP contribution >= 0.6 is 7.82 Å². The van der Waals surface area contributed by atoms with Gasteiger partial charge in [-0.05, 0) is 41.0 Å². The number of rotatable bonds is 5. The van der Waals surface area contributed by atoms with Crippen molar-refractivity contribution in [1.82, 2.24) is 4.98 Å². The number of hydrogen-bond donors (Lipinski definition) is 3. The second-order valence-electron chi connectivity index (χ2n) is 6.40. The molecule has 0 fully saturated rings. The molecule has 0 radical (unpaired) electrons. The van der Waals surface area contributed by atoms with Gasteiger partial charge in [-0.15, -0.1) is 0 Å². The van der Waals surface area contributed by atoms with Crippen molar-refractivity contribution in [3.05, 3.63) is 69.5 Å². The van der Waals surface area contributed by atoms with E-state index in [2.05, 4.69) is 9.51 Å². The molecule has 1 heterocycles.